The summed E-state index contributed by atoms with van der Waals surface area (Å²) >= 11 is 0. The number of benzene rings is 1. The summed E-state index contributed by atoms with van der Waals surface area (Å²) in [6.45, 7) is 4.34. The number of nitrogens with one attached hydrogen (secondary N) is 1. The molecule has 1 aromatic rings. The van der Waals surface area contributed by atoms with E-state index >= 15 is 0 Å². The van der Waals surface area contributed by atoms with Gasteiger partial charge in [-0.05, 0) is 38.4 Å². The van der Waals surface area contributed by atoms with Crippen LogP contribution < -0.4 is 5.32 Å². The minimum atomic E-state index is 0.807. The van der Waals surface area contributed by atoms with Crippen molar-refractivity contribution >= 4 is 5.69 Å². The van der Waals surface area contributed by atoms with Crippen molar-refractivity contribution in [2.24, 2.45) is 0 Å². The third-order valence-electron chi connectivity index (χ3n) is 4.37. The zero-order valence-electron chi connectivity index (χ0n) is 12.5. The summed E-state index contributed by atoms with van der Waals surface area (Å²) in [5.74, 6) is 0. The van der Waals surface area contributed by atoms with Gasteiger partial charge in [0, 0.05) is 24.8 Å². The minimum absolute atomic E-state index is 0.807. The highest BCUT2D eigenvalue weighted by molar-refractivity contribution is 5.50. The van der Waals surface area contributed by atoms with E-state index < -0.39 is 0 Å². The fourth-order valence-corrected chi connectivity index (χ4v) is 3.02. The second-order valence-corrected chi connectivity index (χ2v) is 5.87. The summed E-state index contributed by atoms with van der Waals surface area (Å²) < 4.78 is 0. The first-order valence-corrected chi connectivity index (χ1v) is 7.77. The maximum absolute atomic E-state index is 3.56. The molecule has 2 nitrogen and oxygen atoms in total. The van der Waals surface area contributed by atoms with E-state index in [1.807, 2.05) is 0 Å². The maximum atomic E-state index is 3.56. The Labute approximate surface area is 118 Å². The van der Waals surface area contributed by atoms with E-state index in [-0.39, 0.29) is 0 Å². The molecule has 0 spiro atoms. The normalized spacial score (nSPS) is 17.4. The lowest BCUT2D eigenvalue weighted by Gasteiger charge is -2.27. The molecule has 2 rings (SSSR count). The van der Waals surface area contributed by atoms with Crippen LogP contribution in [0.5, 0.6) is 0 Å². The van der Waals surface area contributed by atoms with Gasteiger partial charge in [0.05, 0.1) is 0 Å². The smallest absolute Gasteiger partial charge is 0.0370 e. The van der Waals surface area contributed by atoms with Gasteiger partial charge in [0.15, 0.2) is 0 Å². The molecule has 0 saturated heterocycles. The molecule has 0 heterocycles. The van der Waals surface area contributed by atoms with Crippen molar-refractivity contribution in [3.05, 3.63) is 29.8 Å². The summed E-state index contributed by atoms with van der Waals surface area (Å²) in [7, 11) is 2.29. The lowest BCUT2D eigenvalue weighted by atomic mass is 10.1. The second kappa shape index (κ2) is 7.54. The van der Waals surface area contributed by atoms with Gasteiger partial charge in [0.1, 0.15) is 0 Å². The number of para-hydroxylation sites is 1. The highest BCUT2D eigenvalue weighted by atomic mass is 15.1. The highest BCUT2D eigenvalue weighted by Gasteiger charge is 2.16. The summed E-state index contributed by atoms with van der Waals surface area (Å²) in [6, 6.07) is 9.34. The average Bonchev–Trinajstić information content (AvgIpc) is 2.70. The Morgan fingerprint density at radius 1 is 1.11 bits per heavy atom. The van der Waals surface area contributed by atoms with Crippen LogP contribution in [0.2, 0.25) is 0 Å². The first kappa shape index (κ1) is 14.4. The Balaban J connectivity index is 1.74. The van der Waals surface area contributed by atoms with Crippen LogP contribution >= 0.6 is 0 Å². The SMILES string of the molecule is Cc1ccccc1NCCN(C)C1CCCCCC1. The monoisotopic (exact) mass is 260 g/mol. The van der Waals surface area contributed by atoms with Gasteiger partial charge >= 0.3 is 0 Å². The molecule has 0 bridgehead atoms. The molecule has 0 aromatic heterocycles. The molecule has 1 aliphatic carbocycles. The van der Waals surface area contributed by atoms with Gasteiger partial charge in [-0.3, -0.25) is 0 Å². The van der Waals surface area contributed by atoms with Crippen LogP contribution in [-0.4, -0.2) is 31.1 Å². The summed E-state index contributed by atoms with van der Waals surface area (Å²) in [5.41, 5.74) is 2.61. The molecule has 0 radical (unpaired) electrons. The highest BCUT2D eigenvalue weighted by Crippen LogP contribution is 2.21. The van der Waals surface area contributed by atoms with Gasteiger partial charge < -0.3 is 10.2 Å². The molecule has 0 atom stereocenters. The van der Waals surface area contributed by atoms with E-state index in [0.717, 1.165) is 19.1 Å². The standard InChI is InChI=1S/C17H28N2/c1-15-9-7-8-12-17(15)18-13-14-19(2)16-10-5-3-4-6-11-16/h7-9,12,16,18H,3-6,10-11,13-14H2,1-2H3. The molecule has 1 fully saturated rings. The molecule has 19 heavy (non-hydrogen) atoms. The van der Waals surface area contributed by atoms with E-state index in [0.29, 0.717) is 0 Å². The van der Waals surface area contributed by atoms with E-state index in [9.17, 15) is 0 Å². The fraction of sp³-hybridized carbons (Fsp3) is 0.647. The van der Waals surface area contributed by atoms with E-state index in [4.69, 9.17) is 0 Å². The van der Waals surface area contributed by atoms with Crippen molar-refractivity contribution < 1.29 is 0 Å². The van der Waals surface area contributed by atoms with Gasteiger partial charge in [-0.25, -0.2) is 0 Å². The molecule has 106 valence electrons. The van der Waals surface area contributed by atoms with Crippen LogP contribution in [0.25, 0.3) is 0 Å². The van der Waals surface area contributed by atoms with Gasteiger partial charge in [-0.15, -0.1) is 0 Å². The summed E-state index contributed by atoms with van der Waals surface area (Å²) in [5, 5.41) is 3.56. The van der Waals surface area contributed by atoms with E-state index in [2.05, 4.69) is 48.5 Å². The Morgan fingerprint density at radius 2 is 1.79 bits per heavy atom. The van der Waals surface area contributed by atoms with Gasteiger partial charge in [0.2, 0.25) is 0 Å². The van der Waals surface area contributed by atoms with Crippen molar-refractivity contribution in [3.63, 3.8) is 0 Å². The Kier molecular flexibility index (Phi) is 5.71. The Hall–Kier alpha value is -1.02. The molecule has 1 saturated carbocycles. The second-order valence-electron chi connectivity index (χ2n) is 5.87. The quantitative estimate of drug-likeness (QED) is 0.803. The number of aryl methyl sites for hydroxylation is 1. The molecule has 0 aliphatic heterocycles. The third kappa shape index (κ3) is 4.54. The Bertz CT molecular complexity index is 367. The molecule has 1 aliphatic rings. The molecule has 0 unspecified atom stereocenters. The summed E-state index contributed by atoms with van der Waals surface area (Å²) in [4.78, 5) is 2.55. The van der Waals surface area contributed by atoms with Crippen molar-refractivity contribution in [2.45, 2.75) is 51.5 Å². The molecule has 2 heteroatoms. The molecule has 1 aromatic carbocycles. The van der Waals surface area contributed by atoms with Crippen LogP contribution in [0.4, 0.5) is 5.69 Å². The van der Waals surface area contributed by atoms with Crippen molar-refractivity contribution in [1.29, 1.82) is 0 Å². The molecule has 1 N–H and O–H groups in total. The van der Waals surface area contributed by atoms with Crippen LogP contribution in [-0.2, 0) is 0 Å². The fourth-order valence-electron chi connectivity index (χ4n) is 3.02. The first-order valence-electron chi connectivity index (χ1n) is 7.77. The third-order valence-corrected chi connectivity index (χ3v) is 4.37. The van der Waals surface area contributed by atoms with Crippen LogP contribution in [0.3, 0.4) is 0 Å². The zero-order valence-corrected chi connectivity index (χ0v) is 12.5. The first-order chi connectivity index (χ1) is 9.27. The van der Waals surface area contributed by atoms with Gasteiger partial charge in [-0.2, -0.15) is 0 Å². The average molecular weight is 260 g/mol. The van der Waals surface area contributed by atoms with Crippen molar-refractivity contribution in [2.75, 3.05) is 25.5 Å². The number of hydrogen-bond acceptors (Lipinski definition) is 2. The van der Waals surface area contributed by atoms with Crippen molar-refractivity contribution in [3.8, 4) is 0 Å². The van der Waals surface area contributed by atoms with Crippen molar-refractivity contribution in [1.82, 2.24) is 4.90 Å². The van der Waals surface area contributed by atoms with Gasteiger partial charge in [-0.1, -0.05) is 43.9 Å². The van der Waals surface area contributed by atoms with E-state index in [1.54, 1.807) is 0 Å². The molecular formula is C17H28N2. The van der Waals surface area contributed by atoms with Crippen LogP contribution in [0.15, 0.2) is 24.3 Å². The Morgan fingerprint density at radius 3 is 2.47 bits per heavy atom. The van der Waals surface area contributed by atoms with Crippen LogP contribution in [0, 0.1) is 6.92 Å². The number of hydrogen-bond donors (Lipinski definition) is 1. The van der Waals surface area contributed by atoms with E-state index in [1.165, 1.54) is 49.8 Å². The predicted molar refractivity (Wildman–Crippen MR) is 83.8 cm³/mol. The number of likely N-dealkylation sites (N-methyl/N-ethyl adjacent to an activating group) is 1. The predicted octanol–water partition coefficient (Wildman–Crippen LogP) is 4.06. The molecular weight excluding hydrogens is 232 g/mol. The lowest BCUT2D eigenvalue weighted by molar-refractivity contribution is 0.229. The number of nitrogens with zero attached hydrogens (tertiary/aromatic N) is 1. The summed E-state index contributed by atoms with van der Waals surface area (Å²) in [6.07, 6.45) is 8.49. The topological polar surface area (TPSA) is 15.3 Å². The lowest BCUT2D eigenvalue weighted by Crippen LogP contribution is -2.35. The zero-order chi connectivity index (χ0) is 13.5. The minimum Gasteiger partial charge on any atom is -0.384 e. The molecule has 0 amide bonds. The van der Waals surface area contributed by atoms with Crippen LogP contribution in [0.1, 0.15) is 44.1 Å². The largest absolute Gasteiger partial charge is 0.384 e. The number of rotatable bonds is 5. The van der Waals surface area contributed by atoms with Gasteiger partial charge in [0.25, 0.3) is 0 Å². The number of anilines is 1. The maximum Gasteiger partial charge on any atom is 0.0370 e.